The Kier molecular flexibility index (Phi) is 7.10. The number of nitrogens with zero attached hydrogens (tertiary/aromatic N) is 2. The number of aromatic nitrogens is 2. The van der Waals surface area contributed by atoms with Crippen molar-refractivity contribution in [2.45, 2.75) is 56.2 Å². The van der Waals surface area contributed by atoms with Gasteiger partial charge in [-0.2, -0.15) is 0 Å². The van der Waals surface area contributed by atoms with Crippen LogP contribution < -0.4 is 0 Å². The topological polar surface area (TPSA) is 38.0 Å². The maximum atomic E-state index is 10.2. The van der Waals surface area contributed by atoms with Gasteiger partial charge >= 0.3 is 0 Å². The Bertz CT molecular complexity index is 935. The van der Waals surface area contributed by atoms with Gasteiger partial charge in [0.05, 0.1) is 11.6 Å². The summed E-state index contributed by atoms with van der Waals surface area (Å²) < 4.78 is 2.32. The highest BCUT2D eigenvalue weighted by Gasteiger charge is 2.24. The van der Waals surface area contributed by atoms with Gasteiger partial charge in [-0.3, -0.25) is 4.98 Å². The van der Waals surface area contributed by atoms with Gasteiger partial charge in [-0.05, 0) is 53.8 Å². The average Bonchev–Trinajstić information content (AvgIpc) is 2.94. The molecular weight excluding hydrogens is 411 g/mol. The molecule has 3 aromatic rings. The van der Waals surface area contributed by atoms with Crippen molar-refractivity contribution in [3.05, 3.63) is 75.2 Å². The van der Waals surface area contributed by atoms with Crippen molar-refractivity contribution >= 4 is 35.0 Å². The highest BCUT2D eigenvalue weighted by atomic mass is 35.5. The van der Waals surface area contributed by atoms with Crippen LogP contribution in [-0.2, 0) is 19.6 Å². The quantitative estimate of drug-likeness (QED) is 0.456. The van der Waals surface area contributed by atoms with Gasteiger partial charge < -0.3 is 9.67 Å². The first kappa shape index (κ1) is 21.3. The fourth-order valence-corrected chi connectivity index (χ4v) is 5.54. The number of halogens is 2. The highest BCUT2D eigenvalue weighted by molar-refractivity contribution is 7.99. The van der Waals surface area contributed by atoms with Gasteiger partial charge in [0.25, 0.3) is 0 Å². The number of aliphatic hydroxyl groups is 1. The summed E-state index contributed by atoms with van der Waals surface area (Å²) in [6.07, 6.45) is 4.46. The van der Waals surface area contributed by atoms with Crippen molar-refractivity contribution in [3.8, 4) is 0 Å². The second-order valence-corrected chi connectivity index (χ2v) is 8.89. The van der Waals surface area contributed by atoms with Crippen molar-refractivity contribution in [1.29, 1.82) is 0 Å². The van der Waals surface area contributed by atoms with E-state index in [1.807, 2.05) is 36.7 Å². The van der Waals surface area contributed by atoms with Crippen LogP contribution in [0.25, 0.3) is 0 Å². The minimum absolute atomic E-state index is 0.0316. The fraction of sp³-hybridized carbons (Fsp3) is 0.318. The summed E-state index contributed by atoms with van der Waals surface area (Å²) in [4.78, 5) is 5.11. The first-order valence-corrected chi connectivity index (χ1v) is 10.9. The van der Waals surface area contributed by atoms with E-state index < -0.39 is 0 Å². The summed E-state index contributed by atoms with van der Waals surface area (Å²) in [7, 11) is 0. The molecule has 0 bridgehead atoms. The van der Waals surface area contributed by atoms with E-state index in [0.717, 1.165) is 28.5 Å². The molecule has 0 spiro atoms. The summed E-state index contributed by atoms with van der Waals surface area (Å²) in [5, 5.41) is 12.5. The second-order valence-electron chi connectivity index (χ2n) is 6.96. The van der Waals surface area contributed by atoms with Gasteiger partial charge in [-0.1, -0.05) is 55.7 Å². The van der Waals surface area contributed by atoms with Crippen LogP contribution in [0.5, 0.6) is 0 Å². The molecule has 0 atom stereocenters. The third-order valence-electron chi connectivity index (χ3n) is 4.69. The number of rotatable bonds is 7. The molecular formula is C22H24Cl2N2OS. The maximum absolute atomic E-state index is 10.2. The van der Waals surface area contributed by atoms with E-state index in [1.165, 1.54) is 16.8 Å². The van der Waals surface area contributed by atoms with E-state index in [2.05, 4.69) is 30.3 Å². The van der Waals surface area contributed by atoms with Crippen molar-refractivity contribution < 1.29 is 5.11 Å². The summed E-state index contributed by atoms with van der Waals surface area (Å²) in [6, 6.07) is 9.64. The van der Waals surface area contributed by atoms with Crippen LogP contribution in [-0.4, -0.2) is 14.7 Å². The third-order valence-corrected chi connectivity index (χ3v) is 6.23. The third kappa shape index (κ3) is 4.57. The van der Waals surface area contributed by atoms with E-state index in [9.17, 15) is 5.11 Å². The molecule has 0 aliphatic heterocycles. The molecule has 0 fully saturated rings. The van der Waals surface area contributed by atoms with E-state index in [-0.39, 0.29) is 12.5 Å². The molecule has 0 amide bonds. The Morgan fingerprint density at radius 2 is 1.75 bits per heavy atom. The van der Waals surface area contributed by atoms with Gasteiger partial charge in [0, 0.05) is 45.1 Å². The summed E-state index contributed by atoms with van der Waals surface area (Å²) >= 11 is 14.1. The Balaban J connectivity index is 2.17. The first-order valence-electron chi connectivity index (χ1n) is 9.32. The monoisotopic (exact) mass is 434 g/mol. The number of aliphatic hydroxyl groups excluding tert-OH is 1. The molecule has 148 valence electrons. The lowest BCUT2D eigenvalue weighted by atomic mass is 10.0. The van der Waals surface area contributed by atoms with Gasteiger partial charge in [0.15, 0.2) is 0 Å². The normalized spacial score (nSPS) is 11.4. The Morgan fingerprint density at radius 3 is 2.29 bits per heavy atom. The molecule has 0 saturated heterocycles. The molecule has 3 rings (SSSR count). The average molecular weight is 435 g/mol. The molecule has 1 N–H and O–H groups in total. The van der Waals surface area contributed by atoms with Crippen molar-refractivity contribution in [2.75, 3.05) is 0 Å². The predicted octanol–water partition coefficient (Wildman–Crippen LogP) is 6.57. The summed E-state index contributed by atoms with van der Waals surface area (Å²) in [6.45, 7) is 7.22. The van der Waals surface area contributed by atoms with Crippen molar-refractivity contribution in [2.24, 2.45) is 0 Å². The number of benzene rings is 1. The minimum Gasteiger partial charge on any atom is -0.392 e. The lowest BCUT2D eigenvalue weighted by Crippen LogP contribution is -2.06. The van der Waals surface area contributed by atoms with Crippen LogP contribution in [0.4, 0.5) is 0 Å². The molecule has 0 unspecified atom stereocenters. The number of hydrogen-bond acceptors (Lipinski definition) is 3. The van der Waals surface area contributed by atoms with Crippen LogP contribution in [0.2, 0.25) is 10.0 Å². The van der Waals surface area contributed by atoms with E-state index in [1.54, 1.807) is 17.8 Å². The second kappa shape index (κ2) is 9.36. The summed E-state index contributed by atoms with van der Waals surface area (Å²) in [5.41, 5.74) is 4.56. The van der Waals surface area contributed by atoms with Crippen LogP contribution in [0.15, 0.2) is 52.6 Å². The number of hydrogen-bond donors (Lipinski definition) is 1. The van der Waals surface area contributed by atoms with Gasteiger partial charge in [0.2, 0.25) is 0 Å². The van der Waals surface area contributed by atoms with E-state index in [0.29, 0.717) is 10.0 Å². The lowest BCUT2D eigenvalue weighted by molar-refractivity contribution is 0.279. The largest absolute Gasteiger partial charge is 0.392 e. The molecule has 2 heterocycles. The standard InChI is InChI=1S/C22H24Cl2N2OS/c1-4-20-19(13-27)21(14(2)3)22(26(20)12-15-5-7-25-8-6-15)28-18-10-16(23)9-17(24)11-18/h5-11,14,27H,4,12-13H2,1-3H3. The smallest absolute Gasteiger partial charge is 0.0840 e. The van der Waals surface area contributed by atoms with Crippen LogP contribution in [0, 0.1) is 0 Å². The first-order chi connectivity index (χ1) is 13.4. The minimum atomic E-state index is 0.0316. The fourth-order valence-electron chi connectivity index (χ4n) is 3.54. The highest BCUT2D eigenvalue weighted by Crippen LogP contribution is 2.41. The van der Waals surface area contributed by atoms with Gasteiger partial charge in [-0.15, -0.1) is 0 Å². The molecule has 2 aromatic heterocycles. The van der Waals surface area contributed by atoms with Crippen molar-refractivity contribution in [3.63, 3.8) is 0 Å². The Hall–Kier alpha value is -1.46. The van der Waals surface area contributed by atoms with E-state index in [4.69, 9.17) is 23.2 Å². The molecule has 1 aromatic carbocycles. The van der Waals surface area contributed by atoms with E-state index >= 15 is 0 Å². The lowest BCUT2D eigenvalue weighted by Gasteiger charge is -2.15. The van der Waals surface area contributed by atoms with Crippen LogP contribution >= 0.6 is 35.0 Å². The SMILES string of the molecule is CCc1c(CO)c(C(C)C)c(Sc2cc(Cl)cc(Cl)c2)n1Cc1ccncc1. The molecule has 0 aliphatic rings. The molecule has 0 radical (unpaired) electrons. The Labute approximate surface area is 180 Å². The van der Waals surface area contributed by atoms with Gasteiger partial charge in [-0.25, -0.2) is 0 Å². The Morgan fingerprint density at radius 1 is 1.11 bits per heavy atom. The van der Waals surface area contributed by atoms with Crippen LogP contribution in [0.1, 0.15) is 49.1 Å². The summed E-state index contributed by atoms with van der Waals surface area (Å²) in [5.74, 6) is 0.281. The zero-order chi connectivity index (χ0) is 20.3. The predicted molar refractivity (Wildman–Crippen MR) is 118 cm³/mol. The zero-order valence-electron chi connectivity index (χ0n) is 16.2. The van der Waals surface area contributed by atoms with Crippen LogP contribution in [0.3, 0.4) is 0 Å². The zero-order valence-corrected chi connectivity index (χ0v) is 18.6. The molecule has 28 heavy (non-hydrogen) atoms. The molecule has 0 saturated carbocycles. The molecule has 6 heteroatoms. The van der Waals surface area contributed by atoms with Gasteiger partial charge in [0.1, 0.15) is 0 Å². The van der Waals surface area contributed by atoms with Crippen molar-refractivity contribution in [1.82, 2.24) is 9.55 Å². The molecule has 0 aliphatic carbocycles. The molecule has 3 nitrogen and oxygen atoms in total. The maximum Gasteiger partial charge on any atom is 0.0840 e. The number of pyridine rings is 1.